The molecule has 4 rings (SSSR count). The number of halogens is 2. The Morgan fingerprint density at radius 3 is 2.45 bits per heavy atom. The minimum Gasteiger partial charge on any atom is -0.507 e. The van der Waals surface area contributed by atoms with Crippen LogP contribution in [0.5, 0.6) is 11.5 Å². The zero-order valence-corrected chi connectivity index (χ0v) is 17.4. The molecule has 2 unspecified atom stereocenters. The molecule has 148 valence electrons. The van der Waals surface area contributed by atoms with Crippen LogP contribution in [0.1, 0.15) is 28.9 Å². The van der Waals surface area contributed by atoms with Crippen molar-refractivity contribution in [2.75, 3.05) is 7.11 Å². The van der Waals surface area contributed by atoms with Crippen LogP contribution < -0.4 is 15.4 Å². The van der Waals surface area contributed by atoms with E-state index in [4.69, 9.17) is 4.74 Å². The summed E-state index contributed by atoms with van der Waals surface area (Å²) in [5.41, 5.74) is 3.70. The molecule has 4 N–H and O–H groups in total. The smallest absolute Gasteiger partial charge is 0.186 e. The Kier molecular flexibility index (Phi) is 5.56. The van der Waals surface area contributed by atoms with Gasteiger partial charge in [0.05, 0.1) is 12.7 Å². The van der Waals surface area contributed by atoms with Gasteiger partial charge in [0.1, 0.15) is 23.4 Å². The molecule has 3 aromatic carbocycles. The number of aromatic hydroxyl groups is 1. The predicted octanol–water partition coefficient (Wildman–Crippen LogP) is 4.25. The van der Waals surface area contributed by atoms with Crippen LogP contribution in [0.4, 0.5) is 4.39 Å². The van der Waals surface area contributed by atoms with Crippen LogP contribution in [0.25, 0.3) is 5.70 Å². The molecule has 0 saturated carbocycles. The average Bonchev–Trinajstić information content (AvgIpc) is 2.75. The zero-order valence-electron chi connectivity index (χ0n) is 15.8. The van der Waals surface area contributed by atoms with Gasteiger partial charge in [-0.3, -0.25) is 0 Å². The Morgan fingerprint density at radius 2 is 1.76 bits per heavy atom. The van der Waals surface area contributed by atoms with E-state index in [-0.39, 0.29) is 23.8 Å². The molecule has 1 aliphatic rings. The van der Waals surface area contributed by atoms with Crippen molar-refractivity contribution >= 4 is 21.6 Å². The third-order valence-corrected chi connectivity index (χ3v) is 5.53. The number of nitrogens with one attached hydrogen (secondary N) is 1. The van der Waals surface area contributed by atoms with Gasteiger partial charge in [0.2, 0.25) is 0 Å². The zero-order chi connectivity index (χ0) is 20.4. The summed E-state index contributed by atoms with van der Waals surface area (Å²) in [4.78, 5) is 0. The summed E-state index contributed by atoms with van der Waals surface area (Å²) < 4.78 is 19.6. The lowest BCUT2D eigenvalue weighted by Gasteiger charge is -2.30. The van der Waals surface area contributed by atoms with E-state index in [2.05, 4.69) is 32.6 Å². The Bertz CT molecular complexity index is 1040. The molecular formula is C23H21BrFN2O2+. The second kappa shape index (κ2) is 8.27. The van der Waals surface area contributed by atoms with E-state index in [1.165, 1.54) is 12.1 Å². The third kappa shape index (κ3) is 4.28. The molecule has 0 fully saturated rings. The van der Waals surface area contributed by atoms with Gasteiger partial charge in [-0.1, -0.05) is 15.9 Å². The Hall–Kier alpha value is -2.83. The fourth-order valence-corrected chi connectivity index (χ4v) is 3.89. The molecule has 4 nitrogen and oxygen atoms in total. The van der Waals surface area contributed by atoms with Gasteiger partial charge >= 0.3 is 0 Å². The molecule has 1 aliphatic heterocycles. The Labute approximate surface area is 177 Å². The largest absolute Gasteiger partial charge is 0.507 e. The summed E-state index contributed by atoms with van der Waals surface area (Å²) in [7, 11) is 1.64. The molecule has 0 saturated heterocycles. The lowest BCUT2D eigenvalue weighted by atomic mass is 9.98. The van der Waals surface area contributed by atoms with E-state index in [9.17, 15) is 9.50 Å². The lowest BCUT2D eigenvalue weighted by molar-refractivity contribution is -0.731. The van der Waals surface area contributed by atoms with Crippen LogP contribution >= 0.6 is 15.9 Å². The van der Waals surface area contributed by atoms with E-state index in [0.717, 1.165) is 32.6 Å². The van der Waals surface area contributed by atoms with Crippen LogP contribution in [-0.4, -0.2) is 12.2 Å². The molecule has 1 heterocycles. The Balaban J connectivity index is 1.75. The van der Waals surface area contributed by atoms with Crippen LogP contribution in [0.2, 0.25) is 0 Å². The molecule has 0 radical (unpaired) electrons. The van der Waals surface area contributed by atoms with E-state index in [1.807, 2.05) is 36.4 Å². The number of phenolic OH excluding ortho intramolecular Hbond substituents is 1. The first-order valence-corrected chi connectivity index (χ1v) is 10.0. The van der Waals surface area contributed by atoms with Crippen molar-refractivity contribution in [2.24, 2.45) is 0 Å². The van der Waals surface area contributed by atoms with Gasteiger partial charge in [-0.15, -0.1) is 0 Å². The molecule has 0 aliphatic carbocycles. The highest BCUT2D eigenvalue weighted by molar-refractivity contribution is 9.10. The fourth-order valence-electron chi connectivity index (χ4n) is 3.51. The number of rotatable bonds is 4. The highest BCUT2D eigenvalue weighted by Crippen LogP contribution is 2.31. The van der Waals surface area contributed by atoms with Gasteiger partial charge < -0.3 is 20.5 Å². The van der Waals surface area contributed by atoms with Gasteiger partial charge in [0.15, 0.2) is 6.17 Å². The van der Waals surface area contributed by atoms with E-state index in [1.54, 1.807) is 25.3 Å². The van der Waals surface area contributed by atoms with Crippen LogP contribution in [0.15, 0.2) is 77.3 Å². The second-order valence-electron chi connectivity index (χ2n) is 6.90. The molecule has 0 amide bonds. The number of nitrogens with two attached hydrogens (primary N) is 1. The van der Waals surface area contributed by atoms with Crippen molar-refractivity contribution in [2.45, 2.75) is 12.2 Å². The van der Waals surface area contributed by atoms with Crippen LogP contribution in [-0.2, 0) is 0 Å². The minimum atomic E-state index is -0.267. The quantitative estimate of drug-likeness (QED) is 0.550. The summed E-state index contributed by atoms with van der Waals surface area (Å²) >= 11 is 3.49. The first kappa shape index (κ1) is 19.5. The second-order valence-corrected chi connectivity index (χ2v) is 7.82. The molecule has 29 heavy (non-hydrogen) atoms. The first-order valence-electron chi connectivity index (χ1n) is 9.25. The monoisotopic (exact) mass is 455 g/mol. The average molecular weight is 456 g/mol. The SMILES string of the molecule is COc1ccc(C2=CC(c3cc(Br)ccc3O)[NH2+]C(c3ccc(F)cc3)N2)cc1. The van der Waals surface area contributed by atoms with Crippen LogP contribution in [0, 0.1) is 5.82 Å². The van der Waals surface area contributed by atoms with E-state index in [0.29, 0.717) is 0 Å². The highest BCUT2D eigenvalue weighted by atomic mass is 79.9. The fraction of sp³-hybridized carbons (Fsp3) is 0.130. The number of quaternary nitrogens is 1. The van der Waals surface area contributed by atoms with Crippen molar-refractivity contribution in [1.82, 2.24) is 5.32 Å². The lowest BCUT2D eigenvalue weighted by Crippen LogP contribution is -2.89. The van der Waals surface area contributed by atoms with Crippen molar-refractivity contribution < 1.29 is 19.6 Å². The summed E-state index contributed by atoms with van der Waals surface area (Å²) in [5.74, 6) is 0.754. The maximum Gasteiger partial charge on any atom is 0.186 e. The standard InChI is InChI=1S/C23H20BrFN2O2/c1-29-18-9-4-14(5-10-18)20-13-21(19-12-16(24)6-11-22(19)28)27-23(26-20)15-2-7-17(25)8-3-15/h2-13,21,23,26-28H,1H3/p+1. The molecule has 2 atom stereocenters. The van der Waals surface area contributed by atoms with Crippen molar-refractivity contribution in [1.29, 1.82) is 0 Å². The number of hydrogen-bond donors (Lipinski definition) is 3. The van der Waals surface area contributed by atoms with E-state index < -0.39 is 0 Å². The van der Waals surface area contributed by atoms with Gasteiger partial charge in [-0.25, -0.2) is 4.39 Å². The first-order chi connectivity index (χ1) is 14.0. The molecule has 0 bridgehead atoms. The minimum absolute atomic E-state index is 0.124. The summed E-state index contributed by atoms with van der Waals surface area (Å²) in [5, 5.41) is 16.1. The molecular weight excluding hydrogens is 435 g/mol. The van der Waals surface area contributed by atoms with Crippen LogP contribution in [0.3, 0.4) is 0 Å². The van der Waals surface area contributed by atoms with Gasteiger partial charge in [-0.2, -0.15) is 0 Å². The number of ether oxygens (including phenoxy) is 1. The summed E-state index contributed by atoms with van der Waals surface area (Å²) in [6.45, 7) is 0. The van der Waals surface area contributed by atoms with Crippen molar-refractivity contribution in [3.8, 4) is 11.5 Å². The summed E-state index contributed by atoms with van der Waals surface area (Å²) in [6, 6.07) is 19.6. The van der Waals surface area contributed by atoms with Gasteiger partial charge in [-0.05, 0) is 72.3 Å². The molecule has 3 aromatic rings. The van der Waals surface area contributed by atoms with Gasteiger partial charge in [0.25, 0.3) is 0 Å². The number of phenols is 1. The Morgan fingerprint density at radius 1 is 1.03 bits per heavy atom. The predicted molar refractivity (Wildman–Crippen MR) is 114 cm³/mol. The topological polar surface area (TPSA) is 58.1 Å². The summed E-state index contributed by atoms with van der Waals surface area (Å²) in [6.07, 6.45) is 1.95. The number of benzene rings is 3. The third-order valence-electron chi connectivity index (χ3n) is 5.04. The molecule has 6 heteroatoms. The molecule has 0 aromatic heterocycles. The highest BCUT2D eigenvalue weighted by Gasteiger charge is 2.29. The molecule has 0 spiro atoms. The number of hydrogen-bond acceptors (Lipinski definition) is 3. The number of methoxy groups -OCH3 is 1. The van der Waals surface area contributed by atoms with Crippen molar-refractivity contribution in [3.05, 3.63) is 99.8 Å². The maximum atomic E-state index is 13.4. The normalized spacial score (nSPS) is 18.7. The maximum absolute atomic E-state index is 13.4. The van der Waals surface area contributed by atoms with E-state index >= 15 is 0 Å². The van der Waals surface area contributed by atoms with Crippen molar-refractivity contribution in [3.63, 3.8) is 0 Å². The van der Waals surface area contributed by atoms with Gasteiger partial charge in [0, 0.05) is 21.8 Å².